The molecule has 0 unspecified atom stereocenters. The summed E-state index contributed by atoms with van der Waals surface area (Å²) in [4.78, 5) is 29.6. The number of halogens is 1. The van der Waals surface area contributed by atoms with Crippen molar-refractivity contribution >= 4 is 39.1 Å². The number of carbonyl (C=O) groups excluding carboxylic acids is 2. The van der Waals surface area contributed by atoms with E-state index in [-0.39, 0.29) is 11.8 Å². The summed E-state index contributed by atoms with van der Waals surface area (Å²) in [5.41, 5.74) is 1.70. The number of nitrogens with zero attached hydrogens (tertiary/aromatic N) is 4. The first-order valence-corrected chi connectivity index (χ1v) is 10.2. The van der Waals surface area contributed by atoms with Crippen LogP contribution in [0.1, 0.15) is 38.7 Å². The first kappa shape index (κ1) is 16.8. The molecule has 1 saturated heterocycles. The molecule has 2 aromatic heterocycles. The SMILES string of the molecule is O=C(c1cc2n(n1)CCCC2)N1CCN(C(=O)c2cc(Br)cs2)CC1. The Morgan fingerprint density at radius 3 is 2.36 bits per heavy atom. The van der Waals surface area contributed by atoms with E-state index < -0.39 is 0 Å². The van der Waals surface area contributed by atoms with E-state index in [1.54, 1.807) is 0 Å². The second-order valence-electron chi connectivity index (χ2n) is 6.41. The fourth-order valence-electron chi connectivity index (χ4n) is 3.38. The largest absolute Gasteiger partial charge is 0.334 e. The molecule has 0 atom stereocenters. The van der Waals surface area contributed by atoms with Gasteiger partial charge in [-0.1, -0.05) is 0 Å². The lowest BCUT2D eigenvalue weighted by Crippen LogP contribution is -2.50. The minimum atomic E-state index is -0.0205. The summed E-state index contributed by atoms with van der Waals surface area (Å²) in [6, 6.07) is 3.78. The van der Waals surface area contributed by atoms with Gasteiger partial charge in [-0.05, 0) is 47.3 Å². The van der Waals surface area contributed by atoms with Gasteiger partial charge in [-0.25, -0.2) is 0 Å². The standard InChI is InChI=1S/C17H19BrN4O2S/c18-12-9-15(25-11-12)17(24)21-7-5-20(6-8-21)16(23)14-10-13-3-1-2-4-22(13)19-14/h9-11H,1-8H2. The Balaban J connectivity index is 1.39. The van der Waals surface area contributed by atoms with Crippen LogP contribution >= 0.6 is 27.3 Å². The number of aryl methyl sites for hydroxylation is 2. The normalized spacial score (nSPS) is 17.5. The smallest absolute Gasteiger partial charge is 0.274 e. The highest BCUT2D eigenvalue weighted by atomic mass is 79.9. The molecule has 132 valence electrons. The third-order valence-electron chi connectivity index (χ3n) is 4.77. The number of rotatable bonds is 2. The number of fused-ring (bicyclic) bond motifs is 1. The lowest BCUT2D eigenvalue weighted by Gasteiger charge is -2.34. The van der Waals surface area contributed by atoms with Crippen molar-refractivity contribution in [3.8, 4) is 0 Å². The van der Waals surface area contributed by atoms with Crippen LogP contribution in [0.3, 0.4) is 0 Å². The number of hydrogen-bond acceptors (Lipinski definition) is 4. The van der Waals surface area contributed by atoms with Crippen LogP contribution < -0.4 is 0 Å². The minimum absolute atomic E-state index is 0.0205. The molecule has 2 aromatic rings. The van der Waals surface area contributed by atoms with Gasteiger partial charge < -0.3 is 9.80 Å². The van der Waals surface area contributed by atoms with Crippen LogP contribution in [-0.4, -0.2) is 57.6 Å². The molecule has 0 bridgehead atoms. The average Bonchev–Trinajstić information content (AvgIpc) is 3.26. The molecule has 0 spiro atoms. The number of aromatic nitrogens is 2. The van der Waals surface area contributed by atoms with Crippen molar-refractivity contribution < 1.29 is 9.59 Å². The lowest BCUT2D eigenvalue weighted by molar-refractivity contribution is 0.0534. The monoisotopic (exact) mass is 422 g/mol. The Morgan fingerprint density at radius 2 is 1.72 bits per heavy atom. The van der Waals surface area contributed by atoms with E-state index in [0.717, 1.165) is 34.4 Å². The van der Waals surface area contributed by atoms with Gasteiger partial charge in [-0.2, -0.15) is 5.10 Å². The molecule has 2 amide bonds. The summed E-state index contributed by atoms with van der Waals surface area (Å²) in [5.74, 6) is 0.0214. The summed E-state index contributed by atoms with van der Waals surface area (Å²) >= 11 is 4.82. The topological polar surface area (TPSA) is 58.4 Å². The highest BCUT2D eigenvalue weighted by Gasteiger charge is 2.28. The van der Waals surface area contributed by atoms with Crippen molar-refractivity contribution in [3.05, 3.63) is 38.3 Å². The van der Waals surface area contributed by atoms with Gasteiger partial charge in [0.05, 0.1) is 4.88 Å². The molecule has 25 heavy (non-hydrogen) atoms. The van der Waals surface area contributed by atoms with Gasteiger partial charge in [0, 0.05) is 48.3 Å². The average molecular weight is 423 g/mol. The summed E-state index contributed by atoms with van der Waals surface area (Å²) < 4.78 is 2.89. The Kier molecular flexibility index (Phi) is 4.64. The Hall–Kier alpha value is -1.67. The minimum Gasteiger partial charge on any atom is -0.334 e. The van der Waals surface area contributed by atoms with Gasteiger partial charge in [-0.3, -0.25) is 14.3 Å². The molecule has 4 rings (SSSR count). The number of hydrogen-bond donors (Lipinski definition) is 0. The van der Waals surface area contributed by atoms with E-state index in [1.165, 1.54) is 17.8 Å². The quantitative estimate of drug-likeness (QED) is 0.747. The van der Waals surface area contributed by atoms with E-state index in [4.69, 9.17) is 0 Å². The molecule has 0 saturated carbocycles. The van der Waals surface area contributed by atoms with E-state index in [0.29, 0.717) is 31.9 Å². The van der Waals surface area contributed by atoms with Gasteiger partial charge in [0.15, 0.2) is 5.69 Å². The number of thiophene rings is 1. The molecule has 2 aliphatic rings. The van der Waals surface area contributed by atoms with Crippen molar-refractivity contribution in [1.29, 1.82) is 0 Å². The molecule has 0 aromatic carbocycles. The van der Waals surface area contributed by atoms with Crippen LogP contribution in [0.5, 0.6) is 0 Å². The molecule has 1 fully saturated rings. The van der Waals surface area contributed by atoms with Crippen molar-refractivity contribution in [2.75, 3.05) is 26.2 Å². The predicted molar refractivity (Wildman–Crippen MR) is 99.0 cm³/mol. The molecule has 8 heteroatoms. The van der Waals surface area contributed by atoms with Crippen LogP contribution in [0.25, 0.3) is 0 Å². The molecular formula is C17H19BrN4O2S. The Labute approximate surface area is 158 Å². The number of amides is 2. The lowest BCUT2D eigenvalue weighted by atomic mass is 10.1. The maximum atomic E-state index is 12.7. The third kappa shape index (κ3) is 3.37. The predicted octanol–water partition coefficient (Wildman–Crippen LogP) is 2.64. The van der Waals surface area contributed by atoms with Gasteiger partial charge >= 0.3 is 0 Å². The van der Waals surface area contributed by atoms with Crippen LogP contribution in [0.15, 0.2) is 22.0 Å². The zero-order chi connectivity index (χ0) is 17.4. The second-order valence-corrected chi connectivity index (χ2v) is 8.24. The molecule has 0 radical (unpaired) electrons. The van der Waals surface area contributed by atoms with Crippen molar-refractivity contribution in [3.63, 3.8) is 0 Å². The van der Waals surface area contributed by atoms with Crippen molar-refractivity contribution in [2.24, 2.45) is 0 Å². The van der Waals surface area contributed by atoms with Crippen LogP contribution in [0, 0.1) is 0 Å². The Morgan fingerprint density at radius 1 is 1.00 bits per heavy atom. The molecule has 6 nitrogen and oxygen atoms in total. The van der Waals surface area contributed by atoms with E-state index in [9.17, 15) is 9.59 Å². The van der Waals surface area contributed by atoms with Gasteiger partial charge in [0.1, 0.15) is 0 Å². The third-order valence-corrected chi connectivity index (χ3v) is 6.45. The van der Waals surface area contributed by atoms with Crippen molar-refractivity contribution in [1.82, 2.24) is 19.6 Å². The highest BCUT2D eigenvalue weighted by molar-refractivity contribution is 9.10. The molecule has 0 aliphatic carbocycles. The highest BCUT2D eigenvalue weighted by Crippen LogP contribution is 2.22. The summed E-state index contributed by atoms with van der Waals surface area (Å²) in [7, 11) is 0. The van der Waals surface area contributed by atoms with E-state index >= 15 is 0 Å². The summed E-state index contributed by atoms with van der Waals surface area (Å²) in [6.07, 6.45) is 3.29. The van der Waals surface area contributed by atoms with E-state index in [1.807, 2.05) is 32.0 Å². The first-order valence-electron chi connectivity index (χ1n) is 8.51. The van der Waals surface area contributed by atoms with Crippen LogP contribution in [-0.2, 0) is 13.0 Å². The molecule has 2 aliphatic heterocycles. The zero-order valence-electron chi connectivity index (χ0n) is 13.8. The molecule has 4 heterocycles. The van der Waals surface area contributed by atoms with Gasteiger partial charge in [0.2, 0.25) is 0 Å². The fourth-order valence-corrected chi connectivity index (χ4v) is 4.77. The molecular weight excluding hydrogens is 404 g/mol. The summed E-state index contributed by atoms with van der Waals surface area (Å²) in [6.45, 7) is 3.14. The molecule has 0 N–H and O–H groups in total. The van der Waals surface area contributed by atoms with E-state index in [2.05, 4.69) is 21.0 Å². The second kappa shape index (κ2) is 6.92. The van der Waals surface area contributed by atoms with Gasteiger partial charge in [0.25, 0.3) is 11.8 Å². The van der Waals surface area contributed by atoms with Crippen molar-refractivity contribution in [2.45, 2.75) is 25.8 Å². The van der Waals surface area contributed by atoms with Gasteiger partial charge in [-0.15, -0.1) is 11.3 Å². The number of carbonyl (C=O) groups is 2. The maximum Gasteiger partial charge on any atom is 0.274 e. The maximum absolute atomic E-state index is 12.7. The zero-order valence-corrected chi connectivity index (χ0v) is 16.2. The Bertz CT molecular complexity index is 784. The summed E-state index contributed by atoms with van der Waals surface area (Å²) in [5, 5.41) is 6.38. The fraction of sp³-hybridized carbons (Fsp3) is 0.471. The van der Waals surface area contributed by atoms with Crippen LogP contribution in [0.4, 0.5) is 0 Å². The van der Waals surface area contributed by atoms with Crippen LogP contribution in [0.2, 0.25) is 0 Å². The first-order chi connectivity index (χ1) is 12.1. The number of piperazine rings is 1.